The monoisotopic (exact) mass is 323 g/mol. The van der Waals surface area contributed by atoms with Crippen LogP contribution in [0, 0.1) is 0 Å². The van der Waals surface area contributed by atoms with Crippen molar-refractivity contribution >= 4 is 40.4 Å². The molecule has 0 saturated heterocycles. The average Bonchev–Trinajstić information content (AvgIpc) is 3.19. The minimum Gasteiger partial charge on any atom is -0.312 e. The van der Waals surface area contributed by atoms with Crippen molar-refractivity contribution in [1.29, 1.82) is 0 Å². The third kappa shape index (κ3) is 2.25. The summed E-state index contributed by atoms with van der Waals surface area (Å²) >= 11 is 1.70. The van der Waals surface area contributed by atoms with Crippen LogP contribution in [-0.2, 0) is 4.79 Å². The average molecular weight is 323 g/mol. The number of hydrogen-bond donors (Lipinski definition) is 2. The molecule has 0 aliphatic rings. The summed E-state index contributed by atoms with van der Waals surface area (Å²) in [7, 11) is 0. The highest BCUT2D eigenvalue weighted by molar-refractivity contribution is 7.98. The van der Waals surface area contributed by atoms with Crippen molar-refractivity contribution in [3.8, 4) is 11.1 Å². The van der Waals surface area contributed by atoms with E-state index in [-0.39, 0.29) is 0 Å². The molecule has 7 heteroatoms. The largest absolute Gasteiger partial charge is 0.312 e. The Kier molecular flexibility index (Phi) is 3.27. The van der Waals surface area contributed by atoms with E-state index in [2.05, 4.69) is 39.0 Å². The molecule has 0 fully saturated rings. The molecule has 0 bridgehead atoms. The van der Waals surface area contributed by atoms with Crippen LogP contribution in [0.4, 0.5) is 5.82 Å². The zero-order valence-corrected chi connectivity index (χ0v) is 13.1. The second kappa shape index (κ2) is 5.44. The summed E-state index contributed by atoms with van der Waals surface area (Å²) in [6, 6.07) is 10.1. The van der Waals surface area contributed by atoms with Gasteiger partial charge in [-0.3, -0.25) is 9.89 Å². The fourth-order valence-electron chi connectivity index (χ4n) is 2.75. The zero-order valence-electron chi connectivity index (χ0n) is 12.3. The number of amides is 1. The van der Waals surface area contributed by atoms with Gasteiger partial charge in [0.1, 0.15) is 0 Å². The van der Waals surface area contributed by atoms with Gasteiger partial charge < -0.3 is 5.32 Å². The van der Waals surface area contributed by atoms with Crippen molar-refractivity contribution in [2.45, 2.75) is 4.90 Å². The van der Waals surface area contributed by atoms with Crippen molar-refractivity contribution in [2.24, 2.45) is 0 Å². The van der Waals surface area contributed by atoms with E-state index in [4.69, 9.17) is 0 Å². The van der Waals surface area contributed by atoms with Gasteiger partial charge in [-0.05, 0) is 36.1 Å². The smallest absolute Gasteiger partial charge is 0.212 e. The number of aromatic nitrogens is 4. The fourth-order valence-corrected chi connectivity index (χ4v) is 3.38. The number of nitrogens with zero attached hydrogens (tertiary/aromatic N) is 3. The summed E-state index contributed by atoms with van der Waals surface area (Å²) in [4.78, 5) is 11.8. The molecular formula is C16H13N5OS. The minimum atomic E-state index is 0.531. The molecule has 0 aliphatic carbocycles. The van der Waals surface area contributed by atoms with Crippen LogP contribution in [0.25, 0.3) is 27.5 Å². The summed E-state index contributed by atoms with van der Waals surface area (Å²) in [5.74, 6) is 0.531. The molecule has 0 saturated carbocycles. The number of rotatable bonds is 4. The van der Waals surface area contributed by atoms with Crippen LogP contribution >= 0.6 is 11.8 Å². The van der Waals surface area contributed by atoms with E-state index in [1.165, 1.54) is 4.90 Å². The van der Waals surface area contributed by atoms with Crippen LogP contribution in [0.5, 0.6) is 0 Å². The molecule has 1 aromatic carbocycles. The normalized spacial score (nSPS) is 11.2. The lowest BCUT2D eigenvalue weighted by molar-refractivity contribution is -0.105. The Balaban J connectivity index is 1.94. The van der Waals surface area contributed by atoms with Gasteiger partial charge >= 0.3 is 0 Å². The first-order valence-electron chi connectivity index (χ1n) is 7.00. The number of carbonyl (C=O) groups is 1. The molecule has 114 valence electrons. The second-order valence-electron chi connectivity index (χ2n) is 5.05. The number of pyridine rings is 1. The molecule has 0 unspecified atom stereocenters. The van der Waals surface area contributed by atoms with Gasteiger partial charge in [-0.2, -0.15) is 10.2 Å². The molecule has 4 aromatic rings. The van der Waals surface area contributed by atoms with Gasteiger partial charge in [-0.1, -0.05) is 0 Å². The van der Waals surface area contributed by atoms with Crippen LogP contribution in [0.1, 0.15) is 0 Å². The van der Waals surface area contributed by atoms with Crippen molar-refractivity contribution in [3.63, 3.8) is 0 Å². The Labute approximate surface area is 135 Å². The van der Waals surface area contributed by atoms with Crippen LogP contribution in [0.15, 0.2) is 47.6 Å². The quantitative estimate of drug-likeness (QED) is 0.447. The summed E-state index contributed by atoms with van der Waals surface area (Å²) in [5, 5.41) is 15.1. The number of nitrogens with one attached hydrogen (secondary N) is 2. The predicted molar refractivity (Wildman–Crippen MR) is 91.7 cm³/mol. The molecule has 2 N–H and O–H groups in total. The first kappa shape index (κ1) is 13.8. The Bertz CT molecular complexity index is 1020. The highest BCUT2D eigenvalue weighted by Crippen LogP contribution is 2.36. The van der Waals surface area contributed by atoms with Crippen molar-refractivity contribution in [1.82, 2.24) is 19.8 Å². The molecule has 6 nitrogen and oxygen atoms in total. The number of benzene rings is 1. The van der Waals surface area contributed by atoms with Gasteiger partial charge in [0.2, 0.25) is 6.41 Å². The molecule has 0 atom stereocenters. The first-order valence-corrected chi connectivity index (χ1v) is 8.22. The second-order valence-corrected chi connectivity index (χ2v) is 5.90. The maximum atomic E-state index is 10.6. The Hall–Kier alpha value is -2.80. The van der Waals surface area contributed by atoms with Crippen LogP contribution in [0.2, 0.25) is 0 Å². The first-order chi connectivity index (χ1) is 11.3. The number of thioether (sulfide) groups is 1. The van der Waals surface area contributed by atoms with Crippen molar-refractivity contribution in [2.75, 3.05) is 11.6 Å². The summed E-state index contributed by atoms with van der Waals surface area (Å²) in [6.07, 6.45) is 6.43. The topological polar surface area (TPSA) is 75.1 Å². The third-order valence-corrected chi connectivity index (χ3v) is 4.54. The lowest BCUT2D eigenvalue weighted by Crippen LogP contribution is -1.94. The standard InChI is InChI=1S/C16H13N5OS/c1-23-14-3-2-13-12(8-18-19-13)16(14)10-4-5-21-11(6-10)7-15(20-21)17-9-22/h2-9H,1H3,(H,18,19)(H,17,20,22). The molecule has 0 radical (unpaired) electrons. The van der Waals surface area contributed by atoms with Crippen LogP contribution in [0.3, 0.4) is 0 Å². The SMILES string of the molecule is CSc1ccc2[nH]ncc2c1-c1ccn2nc(NC=O)cc2c1. The highest BCUT2D eigenvalue weighted by atomic mass is 32.2. The number of carbonyl (C=O) groups excluding carboxylic acids is 1. The number of anilines is 1. The van der Waals surface area contributed by atoms with Gasteiger partial charge in [-0.25, -0.2) is 4.52 Å². The van der Waals surface area contributed by atoms with E-state index in [1.54, 1.807) is 16.3 Å². The van der Waals surface area contributed by atoms with Gasteiger partial charge in [0, 0.05) is 28.1 Å². The van der Waals surface area contributed by atoms with Gasteiger partial charge in [0.25, 0.3) is 0 Å². The molecular weight excluding hydrogens is 310 g/mol. The van der Waals surface area contributed by atoms with E-state index < -0.39 is 0 Å². The predicted octanol–water partition coefficient (Wildman–Crippen LogP) is 3.17. The van der Waals surface area contributed by atoms with E-state index in [9.17, 15) is 4.79 Å². The van der Waals surface area contributed by atoms with Crippen LogP contribution in [-0.4, -0.2) is 32.5 Å². The molecule has 4 rings (SSSR count). The zero-order chi connectivity index (χ0) is 15.8. The molecule has 3 aromatic heterocycles. The van der Waals surface area contributed by atoms with Gasteiger partial charge in [0.05, 0.1) is 17.2 Å². The Morgan fingerprint density at radius 1 is 1.30 bits per heavy atom. The summed E-state index contributed by atoms with van der Waals surface area (Å²) < 4.78 is 1.74. The molecule has 23 heavy (non-hydrogen) atoms. The van der Waals surface area contributed by atoms with E-state index in [1.807, 2.05) is 30.6 Å². The molecule has 3 heterocycles. The molecule has 0 aliphatic heterocycles. The number of H-pyrrole nitrogens is 1. The maximum absolute atomic E-state index is 10.6. The maximum Gasteiger partial charge on any atom is 0.212 e. The van der Waals surface area contributed by atoms with Crippen LogP contribution < -0.4 is 5.32 Å². The highest BCUT2D eigenvalue weighted by Gasteiger charge is 2.12. The van der Waals surface area contributed by atoms with Gasteiger partial charge in [0.15, 0.2) is 5.82 Å². The summed E-state index contributed by atoms with van der Waals surface area (Å²) in [6.45, 7) is 0. The minimum absolute atomic E-state index is 0.531. The lowest BCUT2D eigenvalue weighted by Gasteiger charge is -2.09. The van der Waals surface area contributed by atoms with E-state index in [0.29, 0.717) is 12.2 Å². The van der Waals surface area contributed by atoms with Crippen molar-refractivity contribution in [3.05, 3.63) is 42.7 Å². The molecule has 0 spiro atoms. The van der Waals surface area contributed by atoms with Gasteiger partial charge in [-0.15, -0.1) is 11.8 Å². The number of hydrogen-bond acceptors (Lipinski definition) is 4. The molecule has 1 amide bonds. The fraction of sp³-hybridized carbons (Fsp3) is 0.0625. The third-order valence-electron chi connectivity index (χ3n) is 3.76. The Morgan fingerprint density at radius 2 is 2.22 bits per heavy atom. The number of fused-ring (bicyclic) bond motifs is 2. The Morgan fingerprint density at radius 3 is 3.04 bits per heavy atom. The number of aromatic amines is 1. The summed E-state index contributed by atoms with van der Waals surface area (Å²) in [5.41, 5.74) is 4.16. The van der Waals surface area contributed by atoms with E-state index >= 15 is 0 Å². The van der Waals surface area contributed by atoms with Crippen molar-refractivity contribution < 1.29 is 4.79 Å². The lowest BCUT2D eigenvalue weighted by atomic mass is 10.0. The van der Waals surface area contributed by atoms with E-state index in [0.717, 1.165) is 27.5 Å².